The van der Waals surface area contributed by atoms with E-state index in [0.717, 1.165) is 21.3 Å². The number of carboxylic acids is 1. The highest BCUT2D eigenvalue weighted by atomic mass is 79.9. The SMILES string of the molecule is CCc1c(C(=O)O)nnn1-c1c(C)cc(C)cc1Br. The maximum Gasteiger partial charge on any atom is 0.358 e. The molecule has 1 aromatic heterocycles. The van der Waals surface area contributed by atoms with Crippen LogP contribution in [0.3, 0.4) is 0 Å². The number of hydrogen-bond donors (Lipinski definition) is 1. The van der Waals surface area contributed by atoms with Gasteiger partial charge in [-0.05, 0) is 53.4 Å². The van der Waals surface area contributed by atoms with Crippen molar-refractivity contribution in [2.24, 2.45) is 0 Å². The minimum atomic E-state index is -1.05. The number of carboxylic acid groups (broad SMARTS) is 1. The number of benzene rings is 1. The van der Waals surface area contributed by atoms with Gasteiger partial charge in [-0.15, -0.1) is 5.10 Å². The highest BCUT2D eigenvalue weighted by molar-refractivity contribution is 9.10. The summed E-state index contributed by atoms with van der Waals surface area (Å²) in [6.45, 7) is 5.86. The molecule has 2 aromatic rings. The zero-order valence-electron chi connectivity index (χ0n) is 10.9. The molecule has 0 bridgehead atoms. The Hall–Kier alpha value is -1.69. The van der Waals surface area contributed by atoms with E-state index in [4.69, 9.17) is 5.11 Å². The molecule has 0 radical (unpaired) electrons. The average molecular weight is 324 g/mol. The number of aromatic carboxylic acids is 1. The van der Waals surface area contributed by atoms with Gasteiger partial charge in [-0.2, -0.15) is 0 Å². The number of halogens is 1. The van der Waals surface area contributed by atoms with Crippen molar-refractivity contribution in [3.63, 3.8) is 0 Å². The third kappa shape index (κ3) is 2.40. The fourth-order valence-electron chi connectivity index (χ4n) is 2.14. The summed E-state index contributed by atoms with van der Waals surface area (Å²) in [6, 6.07) is 4.01. The van der Waals surface area contributed by atoms with E-state index in [1.807, 2.05) is 32.9 Å². The summed E-state index contributed by atoms with van der Waals surface area (Å²) in [6.07, 6.45) is 0.550. The van der Waals surface area contributed by atoms with Crippen molar-refractivity contribution < 1.29 is 9.90 Å². The molecule has 1 aromatic carbocycles. The lowest BCUT2D eigenvalue weighted by atomic mass is 10.1. The maximum atomic E-state index is 11.1. The van der Waals surface area contributed by atoms with Crippen LogP contribution in [0.1, 0.15) is 34.2 Å². The average Bonchev–Trinajstić information content (AvgIpc) is 2.71. The lowest BCUT2D eigenvalue weighted by Crippen LogP contribution is -2.08. The number of nitrogens with zero attached hydrogens (tertiary/aromatic N) is 3. The van der Waals surface area contributed by atoms with Gasteiger partial charge in [-0.25, -0.2) is 9.48 Å². The smallest absolute Gasteiger partial charge is 0.358 e. The largest absolute Gasteiger partial charge is 0.476 e. The summed E-state index contributed by atoms with van der Waals surface area (Å²) in [7, 11) is 0. The Labute approximate surface area is 119 Å². The first-order chi connectivity index (χ1) is 8.95. The second kappa shape index (κ2) is 5.13. The van der Waals surface area contributed by atoms with Crippen molar-refractivity contribution in [3.05, 3.63) is 39.1 Å². The first kappa shape index (κ1) is 13.7. The molecule has 0 saturated carbocycles. The van der Waals surface area contributed by atoms with Crippen LogP contribution >= 0.6 is 15.9 Å². The molecule has 0 atom stereocenters. The molecule has 0 aliphatic carbocycles. The summed E-state index contributed by atoms with van der Waals surface area (Å²) in [5, 5.41) is 16.9. The molecule has 0 amide bonds. The predicted molar refractivity (Wildman–Crippen MR) is 74.9 cm³/mol. The van der Waals surface area contributed by atoms with E-state index in [2.05, 4.69) is 26.2 Å². The summed E-state index contributed by atoms with van der Waals surface area (Å²) < 4.78 is 2.48. The van der Waals surface area contributed by atoms with E-state index < -0.39 is 5.97 Å². The van der Waals surface area contributed by atoms with E-state index >= 15 is 0 Å². The van der Waals surface area contributed by atoms with Gasteiger partial charge in [0.1, 0.15) is 0 Å². The highest BCUT2D eigenvalue weighted by Gasteiger charge is 2.20. The number of rotatable bonds is 3. The lowest BCUT2D eigenvalue weighted by Gasteiger charge is -2.12. The van der Waals surface area contributed by atoms with E-state index in [0.29, 0.717) is 12.1 Å². The Morgan fingerprint density at radius 2 is 2.11 bits per heavy atom. The van der Waals surface area contributed by atoms with Crippen LogP contribution in [0.15, 0.2) is 16.6 Å². The van der Waals surface area contributed by atoms with Gasteiger partial charge in [0.25, 0.3) is 0 Å². The van der Waals surface area contributed by atoms with Crippen molar-refractivity contribution in [2.75, 3.05) is 0 Å². The van der Waals surface area contributed by atoms with Gasteiger partial charge in [0.2, 0.25) is 0 Å². The fraction of sp³-hybridized carbons (Fsp3) is 0.308. The van der Waals surface area contributed by atoms with Gasteiger partial charge in [-0.3, -0.25) is 0 Å². The van der Waals surface area contributed by atoms with Crippen LogP contribution in [-0.4, -0.2) is 26.1 Å². The van der Waals surface area contributed by atoms with Crippen LogP contribution < -0.4 is 0 Å². The second-order valence-electron chi connectivity index (χ2n) is 4.37. The topological polar surface area (TPSA) is 68.0 Å². The quantitative estimate of drug-likeness (QED) is 0.943. The van der Waals surface area contributed by atoms with Crippen LogP contribution in [0.2, 0.25) is 0 Å². The van der Waals surface area contributed by atoms with Gasteiger partial charge < -0.3 is 5.11 Å². The Morgan fingerprint density at radius 1 is 1.42 bits per heavy atom. The first-order valence-corrected chi connectivity index (χ1v) is 6.70. The van der Waals surface area contributed by atoms with Crippen molar-refractivity contribution in [3.8, 4) is 5.69 Å². The zero-order chi connectivity index (χ0) is 14.2. The molecule has 2 rings (SSSR count). The summed E-state index contributed by atoms with van der Waals surface area (Å²) >= 11 is 3.51. The van der Waals surface area contributed by atoms with Crippen LogP contribution in [-0.2, 0) is 6.42 Å². The minimum Gasteiger partial charge on any atom is -0.476 e. The van der Waals surface area contributed by atoms with Gasteiger partial charge in [0, 0.05) is 4.47 Å². The van der Waals surface area contributed by atoms with Crippen molar-refractivity contribution in [1.29, 1.82) is 0 Å². The second-order valence-corrected chi connectivity index (χ2v) is 5.22. The normalized spacial score (nSPS) is 10.7. The van der Waals surface area contributed by atoms with Gasteiger partial charge in [0.15, 0.2) is 5.69 Å². The Morgan fingerprint density at radius 3 is 2.63 bits per heavy atom. The van der Waals surface area contributed by atoms with Crippen LogP contribution in [0.25, 0.3) is 5.69 Å². The summed E-state index contributed by atoms with van der Waals surface area (Å²) in [5.74, 6) is -1.05. The summed E-state index contributed by atoms with van der Waals surface area (Å²) in [5.41, 5.74) is 3.59. The van der Waals surface area contributed by atoms with Crippen molar-refractivity contribution >= 4 is 21.9 Å². The first-order valence-electron chi connectivity index (χ1n) is 5.90. The Kier molecular flexibility index (Phi) is 3.71. The molecular weight excluding hydrogens is 310 g/mol. The van der Waals surface area contributed by atoms with Crippen LogP contribution in [0.5, 0.6) is 0 Å². The molecule has 0 aliphatic heterocycles. The van der Waals surface area contributed by atoms with E-state index in [-0.39, 0.29) is 5.69 Å². The number of hydrogen-bond acceptors (Lipinski definition) is 3. The maximum absolute atomic E-state index is 11.1. The molecular formula is C13H14BrN3O2. The lowest BCUT2D eigenvalue weighted by molar-refractivity contribution is 0.0689. The van der Waals surface area contributed by atoms with E-state index in [9.17, 15) is 4.79 Å². The molecule has 0 aliphatic rings. The van der Waals surface area contributed by atoms with Crippen molar-refractivity contribution in [1.82, 2.24) is 15.0 Å². The van der Waals surface area contributed by atoms with E-state index in [1.165, 1.54) is 0 Å². The molecule has 0 fully saturated rings. The Balaban J connectivity index is 2.69. The molecule has 0 saturated heterocycles. The molecule has 1 N–H and O–H groups in total. The van der Waals surface area contributed by atoms with E-state index in [1.54, 1.807) is 4.68 Å². The van der Waals surface area contributed by atoms with Crippen LogP contribution in [0, 0.1) is 13.8 Å². The molecule has 19 heavy (non-hydrogen) atoms. The van der Waals surface area contributed by atoms with Gasteiger partial charge in [0.05, 0.1) is 11.4 Å². The molecule has 0 spiro atoms. The fourth-order valence-corrected chi connectivity index (χ4v) is 2.98. The molecule has 100 valence electrons. The van der Waals surface area contributed by atoms with Crippen LogP contribution in [0.4, 0.5) is 0 Å². The number of aryl methyl sites for hydroxylation is 2. The number of carbonyl (C=O) groups is 1. The molecule has 0 unspecified atom stereocenters. The number of aromatic nitrogens is 3. The molecule has 5 nitrogen and oxygen atoms in total. The molecule has 6 heteroatoms. The predicted octanol–water partition coefficient (Wildman–Crippen LogP) is 2.91. The zero-order valence-corrected chi connectivity index (χ0v) is 12.5. The van der Waals surface area contributed by atoms with Gasteiger partial charge >= 0.3 is 5.97 Å². The van der Waals surface area contributed by atoms with Crippen molar-refractivity contribution in [2.45, 2.75) is 27.2 Å². The standard InChI is InChI=1S/C13H14BrN3O2/c1-4-10-11(13(18)19)15-16-17(10)12-8(3)5-7(2)6-9(12)14/h5-6H,4H2,1-3H3,(H,18,19). The monoisotopic (exact) mass is 323 g/mol. The molecule has 1 heterocycles. The third-order valence-electron chi connectivity index (χ3n) is 2.91. The summed E-state index contributed by atoms with van der Waals surface area (Å²) in [4.78, 5) is 11.1. The van der Waals surface area contributed by atoms with Gasteiger partial charge in [-0.1, -0.05) is 18.2 Å². The Bertz CT molecular complexity index is 626. The highest BCUT2D eigenvalue weighted by Crippen LogP contribution is 2.27. The minimum absolute atomic E-state index is 0.00868. The third-order valence-corrected chi connectivity index (χ3v) is 3.52.